The summed E-state index contributed by atoms with van der Waals surface area (Å²) in [4.78, 5) is 27.8. The van der Waals surface area contributed by atoms with Gasteiger partial charge >= 0.3 is 0 Å². The van der Waals surface area contributed by atoms with Crippen LogP contribution in [-0.2, 0) is 24.2 Å². The van der Waals surface area contributed by atoms with Gasteiger partial charge in [-0.2, -0.15) is 12.6 Å². The summed E-state index contributed by atoms with van der Waals surface area (Å²) in [6.07, 6.45) is 0.226. The van der Waals surface area contributed by atoms with Crippen molar-refractivity contribution in [2.75, 3.05) is 32.8 Å². The fourth-order valence-electron chi connectivity index (χ4n) is 3.96. The maximum atomic E-state index is 13.1. The minimum atomic E-state index is -3.65. The first kappa shape index (κ1) is 22.1. The molecule has 1 aliphatic carbocycles. The van der Waals surface area contributed by atoms with E-state index >= 15 is 0 Å². The van der Waals surface area contributed by atoms with Crippen LogP contribution in [0.25, 0.3) is 0 Å². The fraction of sp³-hybridized carbons (Fsp3) is 0.579. The van der Waals surface area contributed by atoms with Gasteiger partial charge in [0.25, 0.3) is 0 Å². The Hall–Kier alpha value is -1.62. The second kappa shape index (κ2) is 9.46. The van der Waals surface area contributed by atoms with Gasteiger partial charge in [0, 0.05) is 19.6 Å². The number of morpholine rings is 1. The van der Waals surface area contributed by atoms with Crippen LogP contribution in [-0.4, -0.2) is 68.6 Å². The number of thiol groups is 1. The quantitative estimate of drug-likeness (QED) is 0.424. The number of amides is 2. The molecule has 3 rings (SSSR count). The predicted molar refractivity (Wildman–Crippen MR) is 111 cm³/mol. The lowest BCUT2D eigenvalue weighted by atomic mass is 9.93. The van der Waals surface area contributed by atoms with Crippen LogP contribution in [0.5, 0.6) is 0 Å². The van der Waals surface area contributed by atoms with Crippen LogP contribution >= 0.6 is 12.6 Å². The van der Waals surface area contributed by atoms with Crippen molar-refractivity contribution >= 4 is 34.3 Å². The second-order valence-electron chi connectivity index (χ2n) is 7.41. The molecule has 1 saturated carbocycles. The van der Waals surface area contributed by atoms with Gasteiger partial charge in [0.2, 0.25) is 11.8 Å². The first-order chi connectivity index (χ1) is 13.8. The molecule has 1 heterocycles. The van der Waals surface area contributed by atoms with E-state index < -0.39 is 32.3 Å². The first-order valence-corrected chi connectivity index (χ1v) is 11.7. The Balaban J connectivity index is 1.83. The van der Waals surface area contributed by atoms with E-state index in [0.29, 0.717) is 26.3 Å². The monoisotopic (exact) mass is 441 g/mol. The Morgan fingerprint density at radius 2 is 1.79 bits per heavy atom. The summed E-state index contributed by atoms with van der Waals surface area (Å²) in [5.41, 5.74) is 5.59. The van der Waals surface area contributed by atoms with Gasteiger partial charge in [0.1, 0.15) is 0 Å². The number of hydrogen-bond acceptors (Lipinski definition) is 7. The van der Waals surface area contributed by atoms with E-state index in [2.05, 4.69) is 17.9 Å². The van der Waals surface area contributed by atoms with Crippen LogP contribution in [0.1, 0.15) is 12.8 Å². The van der Waals surface area contributed by atoms with Crippen LogP contribution < -0.4 is 11.1 Å². The standard InChI is InChI=1S/C19H27N3O5S2/c20-17(28)12-21-18(23)15-10-14(29(25,26)13-4-2-1-3-5-13)11-16(15)19(24)22-6-8-27-9-7-22/h1-5,14-17,28H,6-12,20H2,(H,21,23)/t14-,15-,16-,17?/m1/s1. The molecule has 1 aliphatic heterocycles. The van der Waals surface area contributed by atoms with Crippen molar-refractivity contribution in [2.45, 2.75) is 28.4 Å². The van der Waals surface area contributed by atoms with Gasteiger partial charge in [-0.15, -0.1) is 0 Å². The zero-order chi connectivity index (χ0) is 21.0. The van der Waals surface area contributed by atoms with Gasteiger partial charge in [-0.25, -0.2) is 8.42 Å². The molecule has 2 amide bonds. The number of carbonyl (C=O) groups excluding carboxylic acids is 2. The average Bonchev–Trinajstić information content (AvgIpc) is 3.19. The van der Waals surface area contributed by atoms with E-state index in [0.717, 1.165) is 0 Å². The summed E-state index contributed by atoms with van der Waals surface area (Å²) in [7, 11) is -3.65. The highest BCUT2D eigenvalue weighted by Gasteiger charge is 2.48. The van der Waals surface area contributed by atoms with Crippen molar-refractivity contribution in [3.8, 4) is 0 Å². The highest BCUT2D eigenvalue weighted by atomic mass is 32.2. The van der Waals surface area contributed by atoms with Gasteiger partial charge in [-0.1, -0.05) is 18.2 Å². The molecule has 1 unspecified atom stereocenters. The summed E-state index contributed by atoms with van der Waals surface area (Å²) in [6, 6.07) is 8.16. The van der Waals surface area contributed by atoms with Crippen molar-refractivity contribution in [3.63, 3.8) is 0 Å². The van der Waals surface area contributed by atoms with Crippen LogP contribution in [0.4, 0.5) is 0 Å². The maximum absolute atomic E-state index is 13.1. The third kappa shape index (κ3) is 5.11. The maximum Gasteiger partial charge on any atom is 0.226 e. The molecule has 29 heavy (non-hydrogen) atoms. The molecular weight excluding hydrogens is 414 g/mol. The van der Waals surface area contributed by atoms with Crippen LogP contribution in [0.3, 0.4) is 0 Å². The molecular formula is C19H27N3O5S2. The number of nitrogens with two attached hydrogens (primary N) is 1. The molecule has 2 aliphatic rings. The second-order valence-corrected chi connectivity index (χ2v) is 10.3. The Bertz CT molecular complexity index is 826. The highest BCUT2D eigenvalue weighted by Crippen LogP contribution is 2.39. The lowest BCUT2D eigenvalue weighted by molar-refractivity contribution is -0.144. The van der Waals surface area contributed by atoms with E-state index in [1.807, 2.05) is 0 Å². The van der Waals surface area contributed by atoms with E-state index in [9.17, 15) is 18.0 Å². The Kier molecular flexibility index (Phi) is 7.20. The molecule has 0 spiro atoms. The van der Waals surface area contributed by atoms with Gasteiger partial charge in [0.15, 0.2) is 9.84 Å². The lowest BCUT2D eigenvalue weighted by Crippen LogP contribution is -2.47. The number of ether oxygens (including phenoxy) is 1. The van der Waals surface area contributed by atoms with Crippen molar-refractivity contribution in [2.24, 2.45) is 17.6 Å². The van der Waals surface area contributed by atoms with E-state index in [1.165, 1.54) is 0 Å². The number of benzene rings is 1. The number of sulfone groups is 1. The lowest BCUT2D eigenvalue weighted by Gasteiger charge is -2.30. The minimum absolute atomic E-state index is 0.103. The van der Waals surface area contributed by atoms with Crippen molar-refractivity contribution in [1.82, 2.24) is 10.2 Å². The van der Waals surface area contributed by atoms with Gasteiger partial charge in [-0.05, 0) is 25.0 Å². The molecule has 8 nitrogen and oxygen atoms in total. The molecule has 1 aromatic carbocycles. The molecule has 10 heteroatoms. The predicted octanol–water partition coefficient (Wildman–Crippen LogP) is 0.0447. The summed E-state index contributed by atoms with van der Waals surface area (Å²) < 4.78 is 31.5. The number of rotatable bonds is 6. The number of hydrogen-bond donors (Lipinski definition) is 3. The molecule has 1 saturated heterocycles. The van der Waals surface area contributed by atoms with Crippen molar-refractivity contribution < 1.29 is 22.7 Å². The third-order valence-electron chi connectivity index (χ3n) is 5.49. The minimum Gasteiger partial charge on any atom is -0.378 e. The highest BCUT2D eigenvalue weighted by molar-refractivity contribution is 7.92. The van der Waals surface area contributed by atoms with Crippen molar-refractivity contribution in [3.05, 3.63) is 30.3 Å². The molecule has 4 atom stereocenters. The van der Waals surface area contributed by atoms with Crippen LogP contribution in [0.15, 0.2) is 35.2 Å². The SMILES string of the molecule is NC(S)CNC(=O)[C@@H]1C[C@@H](S(=O)(=O)c2ccccc2)C[C@H]1C(=O)N1CCOCC1. The first-order valence-electron chi connectivity index (χ1n) is 9.67. The van der Waals surface area contributed by atoms with Gasteiger partial charge < -0.3 is 20.7 Å². The van der Waals surface area contributed by atoms with E-state index in [-0.39, 0.29) is 36.1 Å². The summed E-state index contributed by atoms with van der Waals surface area (Å²) in [5, 5.41) is 1.37. The van der Waals surface area contributed by atoms with E-state index in [4.69, 9.17) is 10.5 Å². The molecule has 0 radical (unpaired) electrons. The summed E-state index contributed by atoms with van der Waals surface area (Å²) >= 11 is 4.05. The summed E-state index contributed by atoms with van der Waals surface area (Å²) in [6.45, 7) is 1.92. The fourth-order valence-corrected chi connectivity index (χ4v) is 5.90. The average molecular weight is 442 g/mol. The Morgan fingerprint density at radius 3 is 2.41 bits per heavy atom. The van der Waals surface area contributed by atoms with Gasteiger partial charge in [-0.3, -0.25) is 9.59 Å². The number of carbonyl (C=O) groups is 2. The third-order valence-corrected chi connectivity index (χ3v) is 7.87. The zero-order valence-electron chi connectivity index (χ0n) is 16.1. The number of nitrogens with zero attached hydrogens (tertiary/aromatic N) is 1. The topological polar surface area (TPSA) is 119 Å². The number of nitrogens with one attached hydrogen (secondary N) is 1. The largest absolute Gasteiger partial charge is 0.378 e. The summed E-state index contributed by atoms with van der Waals surface area (Å²) in [5.74, 6) is -1.95. The molecule has 3 N–H and O–H groups in total. The zero-order valence-corrected chi connectivity index (χ0v) is 17.8. The van der Waals surface area contributed by atoms with Crippen LogP contribution in [0, 0.1) is 11.8 Å². The van der Waals surface area contributed by atoms with Gasteiger partial charge in [0.05, 0.1) is 40.6 Å². The Labute approximate surface area is 176 Å². The molecule has 2 fully saturated rings. The molecule has 160 valence electrons. The normalized spacial score (nSPS) is 26.1. The molecule has 1 aromatic rings. The van der Waals surface area contributed by atoms with Crippen LogP contribution in [0.2, 0.25) is 0 Å². The molecule has 0 aromatic heterocycles. The van der Waals surface area contributed by atoms with E-state index in [1.54, 1.807) is 35.2 Å². The Morgan fingerprint density at radius 1 is 1.17 bits per heavy atom. The smallest absolute Gasteiger partial charge is 0.226 e. The van der Waals surface area contributed by atoms with Crippen molar-refractivity contribution in [1.29, 1.82) is 0 Å². The molecule has 0 bridgehead atoms.